The molecular weight excluding hydrogens is 320 g/mol. The third-order valence-electron chi connectivity index (χ3n) is 3.18. The molecule has 1 aromatic heterocycles. The minimum absolute atomic E-state index is 0.379. The van der Waals surface area contributed by atoms with Crippen LogP contribution in [-0.2, 0) is 14.3 Å². The van der Waals surface area contributed by atoms with Crippen molar-refractivity contribution in [3.05, 3.63) is 54.5 Å². The first-order chi connectivity index (χ1) is 12.0. The highest BCUT2D eigenvalue weighted by Gasteiger charge is 2.06. The lowest BCUT2D eigenvalue weighted by molar-refractivity contribution is -0.138. The second-order valence-corrected chi connectivity index (χ2v) is 5.13. The minimum Gasteiger partial charge on any atom is -0.462 e. The van der Waals surface area contributed by atoms with E-state index in [-0.39, 0.29) is 5.97 Å². The van der Waals surface area contributed by atoms with Gasteiger partial charge in [0.05, 0.1) is 6.61 Å². The Labute approximate surface area is 148 Å². The summed E-state index contributed by atoms with van der Waals surface area (Å²) in [5, 5.41) is 3.87. The highest BCUT2D eigenvalue weighted by molar-refractivity contribution is 5.81. The summed E-state index contributed by atoms with van der Waals surface area (Å²) in [6, 6.07) is 6.00. The summed E-state index contributed by atoms with van der Waals surface area (Å²) >= 11 is 0. The number of carbonyl (C=O) groups is 1. The summed E-state index contributed by atoms with van der Waals surface area (Å²) in [6.45, 7) is 11.8. The zero-order chi connectivity index (χ0) is 18.7. The van der Waals surface area contributed by atoms with E-state index in [9.17, 15) is 4.79 Å². The molecule has 0 bridgehead atoms. The molecule has 2 rings (SSSR count). The average molecular weight is 344 g/mol. The zero-order valence-electron chi connectivity index (χ0n) is 14.9. The van der Waals surface area contributed by atoms with Crippen LogP contribution in [0, 0.1) is 13.8 Å². The maximum atomic E-state index is 10.4. The van der Waals surface area contributed by atoms with Gasteiger partial charge in [-0.3, -0.25) is 0 Å². The maximum Gasteiger partial charge on any atom is 0.330 e. The lowest BCUT2D eigenvalue weighted by Gasteiger charge is -2.01. The monoisotopic (exact) mass is 344 g/mol. The normalized spacial score (nSPS) is 9.72. The first-order valence-corrected chi connectivity index (χ1v) is 7.83. The topological polar surface area (TPSA) is 74.5 Å². The van der Waals surface area contributed by atoms with E-state index >= 15 is 0 Å². The molecule has 0 aliphatic rings. The van der Waals surface area contributed by atoms with E-state index in [0.29, 0.717) is 24.9 Å². The molecule has 2 aromatic rings. The predicted octanol–water partition coefficient (Wildman–Crippen LogP) is 3.75. The number of ether oxygens (including phenoxy) is 2. The fourth-order valence-corrected chi connectivity index (χ4v) is 1.90. The molecule has 0 radical (unpaired) electrons. The number of hydrogen-bond donors (Lipinski definition) is 0. The van der Waals surface area contributed by atoms with Gasteiger partial charge in [-0.05, 0) is 24.1 Å². The molecular formula is C19H24N2O4. The maximum absolute atomic E-state index is 10.4. The number of aryl methyl sites for hydroxylation is 2. The molecule has 1 heterocycles. The van der Waals surface area contributed by atoms with E-state index in [2.05, 4.69) is 28.0 Å². The van der Waals surface area contributed by atoms with Gasteiger partial charge < -0.3 is 14.0 Å². The number of esters is 1. The van der Waals surface area contributed by atoms with Crippen molar-refractivity contribution in [1.82, 2.24) is 10.1 Å². The lowest BCUT2D eigenvalue weighted by Crippen LogP contribution is -2.03. The Hall–Kier alpha value is -2.73. The van der Waals surface area contributed by atoms with Gasteiger partial charge in [0.15, 0.2) is 0 Å². The van der Waals surface area contributed by atoms with Crippen molar-refractivity contribution in [1.29, 1.82) is 0 Å². The number of nitrogens with zero attached hydrogens (tertiary/aromatic N) is 2. The van der Waals surface area contributed by atoms with Gasteiger partial charge in [0.2, 0.25) is 11.7 Å². The summed E-state index contributed by atoms with van der Waals surface area (Å²) in [5.74, 6) is 0.831. The standard InChI is InChI=1S/C12H12N2O.C7H12O3/c1-4-10-5-6-11(7-8(10)2)12-13-9(3)15-14-12;1-3-7(8)10-6-4-5-9-2/h4-7H,1H2,2-3H3;3H,1,4-6H2,2H3. The van der Waals surface area contributed by atoms with Crippen molar-refractivity contribution in [2.24, 2.45) is 0 Å². The van der Waals surface area contributed by atoms with Crippen molar-refractivity contribution in [2.75, 3.05) is 20.3 Å². The van der Waals surface area contributed by atoms with Crippen molar-refractivity contribution in [3.8, 4) is 11.4 Å². The molecule has 0 saturated carbocycles. The number of rotatable bonds is 7. The summed E-state index contributed by atoms with van der Waals surface area (Å²) in [7, 11) is 1.61. The Morgan fingerprint density at radius 2 is 2.04 bits per heavy atom. The second kappa shape index (κ2) is 10.9. The Morgan fingerprint density at radius 3 is 2.56 bits per heavy atom. The largest absolute Gasteiger partial charge is 0.462 e. The van der Waals surface area contributed by atoms with Gasteiger partial charge in [0.25, 0.3) is 0 Å². The van der Waals surface area contributed by atoms with Gasteiger partial charge in [-0.1, -0.05) is 36.5 Å². The Kier molecular flexibility index (Phi) is 8.89. The third kappa shape index (κ3) is 7.14. The van der Waals surface area contributed by atoms with Gasteiger partial charge in [-0.15, -0.1) is 0 Å². The molecule has 134 valence electrons. The highest BCUT2D eigenvalue weighted by atomic mass is 16.5. The summed E-state index contributed by atoms with van der Waals surface area (Å²) < 4.78 is 14.3. The Balaban J connectivity index is 0.000000275. The molecule has 0 unspecified atom stereocenters. The van der Waals surface area contributed by atoms with Crippen molar-refractivity contribution in [3.63, 3.8) is 0 Å². The van der Waals surface area contributed by atoms with E-state index in [4.69, 9.17) is 9.26 Å². The smallest absolute Gasteiger partial charge is 0.330 e. The molecule has 0 aliphatic carbocycles. The van der Waals surface area contributed by atoms with Crippen molar-refractivity contribution < 1.29 is 18.8 Å². The first-order valence-electron chi connectivity index (χ1n) is 7.83. The van der Waals surface area contributed by atoms with Gasteiger partial charge in [0.1, 0.15) is 0 Å². The lowest BCUT2D eigenvalue weighted by atomic mass is 10.1. The molecule has 0 fully saturated rings. The summed E-state index contributed by atoms with van der Waals surface area (Å²) in [6.07, 6.45) is 3.71. The van der Waals surface area contributed by atoms with Gasteiger partial charge in [0, 0.05) is 38.7 Å². The predicted molar refractivity (Wildman–Crippen MR) is 96.9 cm³/mol. The molecule has 0 aliphatic heterocycles. The van der Waals surface area contributed by atoms with Gasteiger partial charge in [-0.25, -0.2) is 4.79 Å². The number of aromatic nitrogens is 2. The van der Waals surface area contributed by atoms with Gasteiger partial charge in [-0.2, -0.15) is 4.98 Å². The van der Waals surface area contributed by atoms with Crippen LogP contribution in [0.3, 0.4) is 0 Å². The van der Waals surface area contributed by atoms with E-state index < -0.39 is 0 Å². The molecule has 1 aromatic carbocycles. The summed E-state index contributed by atoms with van der Waals surface area (Å²) in [4.78, 5) is 14.6. The van der Waals surface area contributed by atoms with Gasteiger partial charge >= 0.3 is 5.97 Å². The molecule has 25 heavy (non-hydrogen) atoms. The number of hydrogen-bond acceptors (Lipinski definition) is 6. The second-order valence-electron chi connectivity index (χ2n) is 5.13. The zero-order valence-corrected chi connectivity index (χ0v) is 14.9. The van der Waals surface area contributed by atoms with Crippen LogP contribution in [-0.4, -0.2) is 36.4 Å². The SMILES string of the molecule is C=CC(=O)OCCCOC.C=Cc1ccc(-c2noc(C)n2)cc1C. The van der Waals surface area contributed by atoms with E-state index in [1.54, 1.807) is 14.0 Å². The molecule has 0 spiro atoms. The van der Waals surface area contributed by atoms with Crippen LogP contribution in [0.2, 0.25) is 0 Å². The van der Waals surface area contributed by atoms with E-state index in [0.717, 1.165) is 29.2 Å². The van der Waals surface area contributed by atoms with Crippen LogP contribution >= 0.6 is 0 Å². The Morgan fingerprint density at radius 1 is 1.28 bits per heavy atom. The quantitative estimate of drug-likeness (QED) is 0.433. The minimum atomic E-state index is -0.379. The van der Waals surface area contributed by atoms with Crippen LogP contribution < -0.4 is 0 Å². The molecule has 6 nitrogen and oxygen atoms in total. The number of methoxy groups -OCH3 is 1. The van der Waals surface area contributed by atoms with Crippen LogP contribution in [0.4, 0.5) is 0 Å². The first kappa shape index (κ1) is 20.3. The average Bonchev–Trinajstić information content (AvgIpc) is 3.05. The molecule has 0 amide bonds. The molecule has 6 heteroatoms. The van der Waals surface area contributed by atoms with E-state index in [1.165, 1.54) is 0 Å². The molecule has 0 atom stereocenters. The summed E-state index contributed by atoms with van der Waals surface area (Å²) in [5.41, 5.74) is 3.25. The Bertz CT molecular complexity index is 707. The van der Waals surface area contributed by atoms with Crippen LogP contribution in [0.15, 0.2) is 42.0 Å². The fourth-order valence-electron chi connectivity index (χ4n) is 1.90. The van der Waals surface area contributed by atoms with E-state index in [1.807, 2.05) is 31.2 Å². The van der Waals surface area contributed by atoms with Crippen LogP contribution in [0.25, 0.3) is 17.5 Å². The fraction of sp³-hybridized carbons (Fsp3) is 0.316. The molecule has 0 saturated heterocycles. The number of benzene rings is 1. The number of carbonyl (C=O) groups excluding carboxylic acids is 1. The molecule has 0 N–H and O–H groups in total. The third-order valence-corrected chi connectivity index (χ3v) is 3.18. The highest BCUT2D eigenvalue weighted by Crippen LogP contribution is 2.20. The van der Waals surface area contributed by atoms with Crippen molar-refractivity contribution >= 4 is 12.0 Å². The van der Waals surface area contributed by atoms with Crippen LogP contribution in [0.1, 0.15) is 23.4 Å². The van der Waals surface area contributed by atoms with Crippen LogP contribution in [0.5, 0.6) is 0 Å². The van der Waals surface area contributed by atoms with Crippen molar-refractivity contribution in [2.45, 2.75) is 20.3 Å².